The number of aryl methyl sites for hydroxylation is 1. The van der Waals surface area contributed by atoms with Crippen LogP contribution in [0.4, 0.5) is 10.1 Å². The van der Waals surface area contributed by atoms with Crippen LogP contribution in [0.25, 0.3) is 0 Å². The van der Waals surface area contributed by atoms with Gasteiger partial charge in [-0.25, -0.2) is 12.8 Å². The van der Waals surface area contributed by atoms with Crippen LogP contribution in [0.5, 0.6) is 0 Å². The molecule has 0 aromatic heterocycles. The first kappa shape index (κ1) is 18.9. The van der Waals surface area contributed by atoms with Gasteiger partial charge in [-0.05, 0) is 30.2 Å². The number of anilines is 1. The summed E-state index contributed by atoms with van der Waals surface area (Å²) in [6.07, 6.45) is 1.22. The van der Waals surface area contributed by atoms with Crippen LogP contribution in [0.1, 0.15) is 11.1 Å². The SMILES string of the molecule is Cc1ccccc1CC(=O)NCCN(c1ccccc1F)S(C)(=O)=O. The quantitative estimate of drug-likeness (QED) is 0.819. The second kappa shape index (κ2) is 8.11. The van der Waals surface area contributed by atoms with Crippen molar-refractivity contribution in [2.45, 2.75) is 13.3 Å². The minimum atomic E-state index is -3.66. The summed E-state index contributed by atoms with van der Waals surface area (Å²) in [4.78, 5) is 12.0. The summed E-state index contributed by atoms with van der Waals surface area (Å²) in [5.74, 6) is -0.838. The van der Waals surface area contributed by atoms with Crippen molar-refractivity contribution in [2.75, 3.05) is 23.7 Å². The highest BCUT2D eigenvalue weighted by Crippen LogP contribution is 2.20. The maximum absolute atomic E-state index is 13.9. The number of para-hydroxylation sites is 1. The van der Waals surface area contributed by atoms with E-state index in [9.17, 15) is 17.6 Å². The number of hydrogen-bond donors (Lipinski definition) is 1. The highest BCUT2D eigenvalue weighted by molar-refractivity contribution is 7.92. The summed E-state index contributed by atoms with van der Waals surface area (Å²) in [6.45, 7) is 1.97. The summed E-state index contributed by atoms with van der Waals surface area (Å²) < 4.78 is 38.7. The number of nitrogens with one attached hydrogen (secondary N) is 1. The van der Waals surface area contributed by atoms with E-state index in [1.54, 1.807) is 6.07 Å². The predicted octanol–water partition coefficient (Wildman–Crippen LogP) is 2.26. The molecule has 0 spiro atoms. The highest BCUT2D eigenvalue weighted by atomic mass is 32.2. The third kappa shape index (κ3) is 5.29. The Kier molecular flexibility index (Phi) is 6.14. The largest absolute Gasteiger partial charge is 0.354 e. The summed E-state index contributed by atoms with van der Waals surface area (Å²) in [7, 11) is -3.66. The smallest absolute Gasteiger partial charge is 0.232 e. The third-order valence-electron chi connectivity index (χ3n) is 3.77. The van der Waals surface area contributed by atoms with Gasteiger partial charge >= 0.3 is 0 Å². The zero-order valence-electron chi connectivity index (χ0n) is 14.2. The van der Waals surface area contributed by atoms with E-state index in [-0.39, 0.29) is 31.1 Å². The Morgan fingerprint density at radius 1 is 1.12 bits per heavy atom. The fourth-order valence-electron chi connectivity index (χ4n) is 2.46. The van der Waals surface area contributed by atoms with Crippen molar-refractivity contribution in [2.24, 2.45) is 0 Å². The van der Waals surface area contributed by atoms with Gasteiger partial charge in [0.1, 0.15) is 5.82 Å². The average Bonchev–Trinajstić information content (AvgIpc) is 2.54. The lowest BCUT2D eigenvalue weighted by atomic mass is 10.1. The van der Waals surface area contributed by atoms with Gasteiger partial charge in [-0.1, -0.05) is 36.4 Å². The van der Waals surface area contributed by atoms with Crippen molar-refractivity contribution in [3.63, 3.8) is 0 Å². The van der Waals surface area contributed by atoms with Gasteiger partial charge in [-0.15, -0.1) is 0 Å². The van der Waals surface area contributed by atoms with Crippen LogP contribution in [-0.2, 0) is 21.2 Å². The van der Waals surface area contributed by atoms with Crippen LogP contribution >= 0.6 is 0 Å². The Morgan fingerprint density at radius 2 is 1.76 bits per heavy atom. The zero-order chi connectivity index (χ0) is 18.4. The van der Waals surface area contributed by atoms with Gasteiger partial charge in [0.15, 0.2) is 0 Å². The molecule has 0 radical (unpaired) electrons. The van der Waals surface area contributed by atoms with E-state index < -0.39 is 15.8 Å². The molecule has 0 saturated heterocycles. The maximum Gasteiger partial charge on any atom is 0.232 e. The van der Waals surface area contributed by atoms with Gasteiger partial charge in [0, 0.05) is 6.54 Å². The molecule has 0 heterocycles. The van der Waals surface area contributed by atoms with Gasteiger partial charge in [0.2, 0.25) is 15.9 Å². The molecule has 7 heteroatoms. The standard InChI is InChI=1S/C18H21FN2O3S/c1-14-7-3-4-8-15(14)13-18(22)20-11-12-21(25(2,23)24)17-10-6-5-9-16(17)19/h3-10H,11-13H2,1-2H3,(H,20,22). The van der Waals surface area contributed by atoms with Gasteiger partial charge in [-0.2, -0.15) is 0 Å². The second-order valence-corrected chi connectivity index (χ2v) is 7.65. The molecular formula is C18H21FN2O3S. The van der Waals surface area contributed by atoms with Gasteiger partial charge in [-0.3, -0.25) is 9.10 Å². The van der Waals surface area contributed by atoms with Crippen LogP contribution in [0.2, 0.25) is 0 Å². The van der Waals surface area contributed by atoms with E-state index in [2.05, 4.69) is 5.32 Å². The molecule has 0 aliphatic carbocycles. The Hall–Kier alpha value is -2.41. The summed E-state index contributed by atoms with van der Waals surface area (Å²) in [6, 6.07) is 13.2. The molecule has 2 rings (SSSR count). The number of hydrogen-bond acceptors (Lipinski definition) is 3. The fourth-order valence-corrected chi connectivity index (χ4v) is 3.39. The van der Waals surface area contributed by atoms with E-state index in [4.69, 9.17) is 0 Å². The molecule has 1 N–H and O–H groups in total. The first-order valence-corrected chi connectivity index (χ1v) is 9.67. The number of amides is 1. The van der Waals surface area contributed by atoms with Crippen LogP contribution in [-0.4, -0.2) is 33.7 Å². The molecule has 0 atom stereocenters. The number of benzene rings is 2. The van der Waals surface area contributed by atoms with E-state index in [0.29, 0.717) is 0 Å². The molecule has 0 bridgehead atoms. The Morgan fingerprint density at radius 3 is 2.40 bits per heavy atom. The summed E-state index contributed by atoms with van der Waals surface area (Å²) in [5.41, 5.74) is 1.90. The molecule has 1 amide bonds. The number of carbonyl (C=O) groups is 1. The first-order chi connectivity index (χ1) is 11.8. The first-order valence-electron chi connectivity index (χ1n) is 7.82. The van der Waals surface area contributed by atoms with Crippen LogP contribution in [0.15, 0.2) is 48.5 Å². The number of rotatable bonds is 7. The normalized spacial score (nSPS) is 11.2. The molecule has 0 fully saturated rings. The second-order valence-electron chi connectivity index (χ2n) is 5.74. The Balaban J connectivity index is 1.99. The van der Waals surface area contributed by atoms with E-state index in [0.717, 1.165) is 21.7 Å². The summed E-state index contributed by atoms with van der Waals surface area (Å²) in [5, 5.41) is 2.68. The van der Waals surface area contributed by atoms with Gasteiger partial charge in [0.25, 0.3) is 0 Å². The summed E-state index contributed by atoms with van der Waals surface area (Å²) >= 11 is 0. The molecule has 0 saturated carbocycles. The van der Waals surface area contributed by atoms with Crippen LogP contribution in [0.3, 0.4) is 0 Å². The number of nitrogens with zero attached hydrogens (tertiary/aromatic N) is 1. The van der Waals surface area contributed by atoms with Crippen LogP contribution < -0.4 is 9.62 Å². The minimum absolute atomic E-state index is 0.0295. The lowest BCUT2D eigenvalue weighted by molar-refractivity contribution is -0.120. The van der Waals surface area contributed by atoms with E-state index in [1.807, 2.05) is 31.2 Å². The van der Waals surface area contributed by atoms with Crippen molar-refractivity contribution in [3.8, 4) is 0 Å². The molecule has 0 aliphatic heterocycles. The van der Waals surface area contributed by atoms with E-state index >= 15 is 0 Å². The van der Waals surface area contributed by atoms with Crippen molar-refractivity contribution in [3.05, 3.63) is 65.5 Å². The number of sulfonamides is 1. The van der Waals surface area contributed by atoms with Crippen molar-refractivity contribution in [1.82, 2.24) is 5.32 Å². The van der Waals surface area contributed by atoms with Crippen molar-refractivity contribution >= 4 is 21.6 Å². The lowest BCUT2D eigenvalue weighted by Crippen LogP contribution is -2.39. The number of carbonyl (C=O) groups excluding carboxylic acids is 1. The Bertz CT molecular complexity index is 853. The maximum atomic E-state index is 13.9. The topological polar surface area (TPSA) is 66.5 Å². The average molecular weight is 364 g/mol. The zero-order valence-corrected chi connectivity index (χ0v) is 15.0. The van der Waals surface area contributed by atoms with E-state index in [1.165, 1.54) is 18.2 Å². The van der Waals surface area contributed by atoms with Crippen molar-refractivity contribution in [1.29, 1.82) is 0 Å². The minimum Gasteiger partial charge on any atom is -0.354 e. The Labute approximate surface area is 147 Å². The monoisotopic (exact) mass is 364 g/mol. The molecule has 25 heavy (non-hydrogen) atoms. The molecule has 0 aliphatic rings. The molecule has 2 aromatic carbocycles. The fraction of sp³-hybridized carbons (Fsp3) is 0.278. The third-order valence-corrected chi connectivity index (χ3v) is 4.95. The van der Waals surface area contributed by atoms with Gasteiger partial charge < -0.3 is 5.32 Å². The molecular weight excluding hydrogens is 343 g/mol. The number of halogens is 1. The molecule has 2 aromatic rings. The highest BCUT2D eigenvalue weighted by Gasteiger charge is 2.20. The van der Waals surface area contributed by atoms with Crippen molar-refractivity contribution < 1.29 is 17.6 Å². The lowest BCUT2D eigenvalue weighted by Gasteiger charge is -2.23. The molecule has 0 unspecified atom stereocenters. The molecule has 134 valence electrons. The van der Waals surface area contributed by atoms with Crippen LogP contribution in [0, 0.1) is 12.7 Å². The van der Waals surface area contributed by atoms with Gasteiger partial charge in [0.05, 0.1) is 24.9 Å². The molecule has 5 nitrogen and oxygen atoms in total. The predicted molar refractivity (Wildman–Crippen MR) is 96.5 cm³/mol.